The standard InChI is InChI=1S/C25H17FN6O/c1-33-17-8-15(11-27-12-17)21-10-20-23(13-29-21)31-32-24(20)22-9-19-18(6-7-28-25(19)30-22)14-2-4-16(26)5-3-14/h2-13H,1H3,(H,28,30)(H,31,32). The summed E-state index contributed by atoms with van der Waals surface area (Å²) in [4.78, 5) is 16.6. The van der Waals surface area contributed by atoms with E-state index in [4.69, 9.17) is 4.74 Å². The van der Waals surface area contributed by atoms with E-state index in [1.807, 2.05) is 24.3 Å². The van der Waals surface area contributed by atoms with E-state index in [1.165, 1.54) is 12.1 Å². The summed E-state index contributed by atoms with van der Waals surface area (Å²) < 4.78 is 18.7. The van der Waals surface area contributed by atoms with Gasteiger partial charge in [0.25, 0.3) is 0 Å². The maximum absolute atomic E-state index is 13.4. The second-order valence-corrected chi connectivity index (χ2v) is 7.61. The number of aromatic amines is 2. The molecular formula is C25H17FN6O. The van der Waals surface area contributed by atoms with Crippen LogP contribution in [-0.4, -0.2) is 37.2 Å². The summed E-state index contributed by atoms with van der Waals surface area (Å²) in [6, 6.07) is 14.3. The molecule has 0 spiro atoms. The van der Waals surface area contributed by atoms with E-state index in [1.54, 1.807) is 44.0 Å². The number of fused-ring (bicyclic) bond motifs is 2. The number of hydrogen-bond donors (Lipinski definition) is 2. The van der Waals surface area contributed by atoms with Crippen LogP contribution in [0.5, 0.6) is 5.75 Å². The monoisotopic (exact) mass is 436 g/mol. The molecular weight excluding hydrogens is 419 g/mol. The lowest BCUT2D eigenvalue weighted by atomic mass is 10.0. The minimum absolute atomic E-state index is 0.266. The first kappa shape index (κ1) is 19.1. The Morgan fingerprint density at radius 1 is 0.879 bits per heavy atom. The van der Waals surface area contributed by atoms with Crippen molar-refractivity contribution in [3.8, 4) is 39.5 Å². The summed E-state index contributed by atoms with van der Waals surface area (Å²) in [6.45, 7) is 0. The largest absolute Gasteiger partial charge is 0.495 e. The maximum atomic E-state index is 13.4. The van der Waals surface area contributed by atoms with Crippen LogP contribution >= 0.6 is 0 Å². The highest BCUT2D eigenvalue weighted by molar-refractivity contribution is 6.00. The number of rotatable bonds is 4. The maximum Gasteiger partial charge on any atom is 0.138 e. The molecule has 33 heavy (non-hydrogen) atoms. The molecule has 0 amide bonds. The van der Waals surface area contributed by atoms with E-state index < -0.39 is 0 Å². The minimum atomic E-state index is -0.266. The molecule has 0 atom stereocenters. The number of aromatic nitrogens is 6. The van der Waals surface area contributed by atoms with E-state index in [0.29, 0.717) is 5.75 Å². The van der Waals surface area contributed by atoms with Gasteiger partial charge in [0.15, 0.2) is 0 Å². The van der Waals surface area contributed by atoms with E-state index in [-0.39, 0.29) is 5.82 Å². The Hall–Kier alpha value is -4.59. The number of methoxy groups -OCH3 is 1. The van der Waals surface area contributed by atoms with E-state index >= 15 is 0 Å². The van der Waals surface area contributed by atoms with Gasteiger partial charge >= 0.3 is 0 Å². The number of hydrogen-bond acceptors (Lipinski definition) is 5. The first-order valence-corrected chi connectivity index (χ1v) is 10.3. The van der Waals surface area contributed by atoms with Crippen molar-refractivity contribution in [1.82, 2.24) is 30.1 Å². The SMILES string of the molecule is COc1cncc(-c2cc3c(-c4cc5c(-c6ccc(F)cc6)ccnc5[nH]4)n[nH]c3cn2)c1. The van der Waals surface area contributed by atoms with Crippen LogP contribution in [0.25, 0.3) is 55.7 Å². The summed E-state index contributed by atoms with van der Waals surface area (Å²) in [7, 11) is 1.61. The Labute approximate surface area is 187 Å². The topological polar surface area (TPSA) is 92.4 Å². The van der Waals surface area contributed by atoms with Gasteiger partial charge in [-0.05, 0) is 47.5 Å². The fourth-order valence-electron chi connectivity index (χ4n) is 3.99. The number of halogens is 1. The molecule has 0 saturated carbocycles. The predicted octanol–water partition coefficient (Wildman–Crippen LogP) is 5.38. The number of ether oxygens (including phenoxy) is 1. The molecule has 0 bridgehead atoms. The van der Waals surface area contributed by atoms with Crippen LogP contribution < -0.4 is 4.74 Å². The Morgan fingerprint density at radius 2 is 1.76 bits per heavy atom. The van der Waals surface area contributed by atoms with Crippen LogP contribution in [0, 0.1) is 5.82 Å². The van der Waals surface area contributed by atoms with Gasteiger partial charge in [-0.2, -0.15) is 5.10 Å². The molecule has 6 rings (SSSR count). The summed E-state index contributed by atoms with van der Waals surface area (Å²) >= 11 is 0. The Morgan fingerprint density at radius 3 is 2.61 bits per heavy atom. The first-order chi connectivity index (χ1) is 16.2. The third kappa shape index (κ3) is 3.28. The van der Waals surface area contributed by atoms with Crippen LogP contribution in [-0.2, 0) is 0 Å². The molecule has 0 fully saturated rings. The molecule has 0 aliphatic heterocycles. The van der Waals surface area contributed by atoms with Gasteiger partial charge in [-0.1, -0.05) is 12.1 Å². The van der Waals surface area contributed by atoms with Gasteiger partial charge in [0.05, 0.1) is 36.4 Å². The lowest BCUT2D eigenvalue weighted by molar-refractivity contribution is 0.413. The highest BCUT2D eigenvalue weighted by atomic mass is 19.1. The van der Waals surface area contributed by atoms with Gasteiger partial charge in [-0.15, -0.1) is 0 Å². The Kier molecular flexibility index (Phi) is 4.36. The normalized spacial score (nSPS) is 11.3. The second kappa shape index (κ2) is 7.52. The van der Waals surface area contributed by atoms with Crippen LogP contribution in [0.15, 0.2) is 73.3 Å². The molecule has 0 radical (unpaired) electrons. The number of pyridine rings is 3. The predicted molar refractivity (Wildman–Crippen MR) is 124 cm³/mol. The zero-order valence-corrected chi connectivity index (χ0v) is 17.5. The van der Waals surface area contributed by atoms with Crippen molar-refractivity contribution in [2.24, 2.45) is 0 Å². The molecule has 8 heteroatoms. The van der Waals surface area contributed by atoms with Crippen molar-refractivity contribution < 1.29 is 9.13 Å². The fourth-order valence-corrected chi connectivity index (χ4v) is 3.99. The van der Waals surface area contributed by atoms with Gasteiger partial charge in [0, 0.05) is 28.7 Å². The Balaban J connectivity index is 1.48. The number of benzene rings is 1. The molecule has 0 saturated heterocycles. The molecule has 5 aromatic heterocycles. The summed E-state index contributed by atoms with van der Waals surface area (Å²) in [6.07, 6.45) is 6.90. The zero-order chi connectivity index (χ0) is 22.4. The summed E-state index contributed by atoms with van der Waals surface area (Å²) in [5.41, 5.74) is 6.61. The van der Waals surface area contributed by atoms with Crippen LogP contribution in [0.3, 0.4) is 0 Å². The first-order valence-electron chi connectivity index (χ1n) is 10.3. The molecule has 0 unspecified atom stereocenters. The molecule has 160 valence electrons. The summed E-state index contributed by atoms with van der Waals surface area (Å²) in [5.74, 6) is 0.397. The van der Waals surface area contributed by atoms with Gasteiger partial charge in [-0.3, -0.25) is 15.1 Å². The molecule has 5 heterocycles. The molecule has 1 aromatic carbocycles. The lowest BCUT2D eigenvalue weighted by Crippen LogP contribution is -1.88. The highest BCUT2D eigenvalue weighted by Gasteiger charge is 2.15. The smallest absolute Gasteiger partial charge is 0.138 e. The van der Waals surface area contributed by atoms with Gasteiger partial charge in [0.2, 0.25) is 0 Å². The van der Waals surface area contributed by atoms with Crippen molar-refractivity contribution in [2.45, 2.75) is 0 Å². The molecule has 7 nitrogen and oxygen atoms in total. The highest BCUT2D eigenvalue weighted by Crippen LogP contribution is 2.34. The van der Waals surface area contributed by atoms with Gasteiger partial charge in [0.1, 0.15) is 22.9 Å². The minimum Gasteiger partial charge on any atom is -0.495 e. The van der Waals surface area contributed by atoms with Gasteiger partial charge in [-0.25, -0.2) is 9.37 Å². The van der Waals surface area contributed by atoms with Crippen molar-refractivity contribution in [3.05, 3.63) is 79.1 Å². The van der Waals surface area contributed by atoms with Crippen LogP contribution in [0.4, 0.5) is 4.39 Å². The third-order valence-electron chi connectivity index (χ3n) is 5.63. The van der Waals surface area contributed by atoms with Crippen LogP contribution in [0.1, 0.15) is 0 Å². The number of nitrogens with one attached hydrogen (secondary N) is 2. The van der Waals surface area contributed by atoms with Crippen molar-refractivity contribution in [2.75, 3.05) is 7.11 Å². The average Bonchev–Trinajstić information content (AvgIpc) is 3.48. The Bertz CT molecular complexity index is 1620. The molecule has 0 aliphatic carbocycles. The van der Waals surface area contributed by atoms with E-state index in [9.17, 15) is 4.39 Å². The number of H-pyrrole nitrogens is 2. The van der Waals surface area contributed by atoms with Crippen molar-refractivity contribution in [3.63, 3.8) is 0 Å². The second-order valence-electron chi connectivity index (χ2n) is 7.61. The van der Waals surface area contributed by atoms with Crippen molar-refractivity contribution in [1.29, 1.82) is 0 Å². The molecule has 0 aliphatic rings. The van der Waals surface area contributed by atoms with Crippen LogP contribution in [0.2, 0.25) is 0 Å². The zero-order valence-electron chi connectivity index (χ0n) is 17.5. The quantitative estimate of drug-likeness (QED) is 0.387. The molecule has 2 N–H and O–H groups in total. The lowest BCUT2D eigenvalue weighted by Gasteiger charge is -2.04. The summed E-state index contributed by atoms with van der Waals surface area (Å²) in [5, 5.41) is 9.43. The molecule has 6 aromatic rings. The fraction of sp³-hybridized carbons (Fsp3) is 0.0400. The average molecular weight is 436 g/mol. The van der Waals surface area contributed by atoms with Gasteiger partial charge < -0.3 is 9.72 Å². The van der Waals surface area contributed by atoms with Crippen molar-refractivity contribution >= 4 is 21.9 Å². The van der Waals surface area contributed by atoms with E-state index in [0.717, 1.165) is 55.7 Å². The third-order valence-corrected chi connectivity index (χ3v) is 5.63. The van der Waals surface area contributed by atoms with E-state index in [2.05, 4.69) is 30.1 Å². The number of nitrogens with zero attached hydrogens (tertiary/aromatic N) is 4.